The van der Waals surface area contributed by atoms with Gasteiger partial charge in [-0.25, -0.2) is 0 Å². The van der Waals surface area contributed by atoms with E-state index in [0.717, 1.165) is 0 Å². The summed E-state index contributed by atoms with van der Waals surface area (Å²) in [5, 5.41) is 0. The van der Waals surface area contributed by atoms with Crippen LogP contribution in [-0.2, 0) is 0 Å². The normalized spacial score (nSPS) is 1.00. The van der Waals surface area contributed by atoms with Gasteiger partial charge in [0.1, 0.15) is 0 Å². The van der Waals surface area contributed by atoms with Gasteiger partial charge in [0.15, 0.2) is 0 Å². The summed E-state index contributed by atoms with van der Waals surface area (Å²) in [6.45, 7) is 0. The van der Waals surface area contributed by atoms with Gasteiger partial charge in [-0.3, -0.25) is 0 Å². The van der Waals surface area contributed by atoms with E-state index in [-0.39, 0.29) is 0 Å². The molecule has 0 nitrogen and oxygen atoms in total. The molecule has 0 aromatic carbocycles. The molecule has 4 heavy (non-hydrogen) atoms. The Kier molecular flexibility index (Phi) is 9.60. The van der Waals surface area contributed by atoms with Crippen LogP contribution in [0.5, 0.6) is 0 Å². The Bertz CT molecular complexity index is 15.5. The van der Waals surface area contributed by atoms with Crippen molar-refractivity contribution in [2.24, 2.45) is 0 Å². The summed E-state index contributed by atoms with van der Waals surface area (Å²) in [6.07, 6.45) is 16.0. The minimum atomic E-state index is 4.00. The van der Waals surface area contributed by atoms with E-state index in [4.69, 9.17) is 0 Å². The largest absolute Gasteiger partial charge is 0.124 e. The van der Waals surface area contributed by atoms with E-state index in [1.54, 1.807) is 0 Å². The molecule has 0 atom stereocenters. The van der Waals surface area contributed by atoms with Gasteiger partial charge in [-0.05, 0) is 0 Å². The molecular weight excluding hydrogens is 48.0 g/mol. The summed E-state index contributed by atoms with van der Waals surface area (Å²) in [5.41, 5.74) is 0. The van der Waals surface area contributed by atoms with Crippen molar-refractivity contribution in [2.75, 3.05) is 0 Å². The van der Waals surface area contributed by atoms with E-state index in [1.165, 1.54) is 0 Å². The summed E-state index contributed by atoms with van der Waals surface area (Å²) in [4.78, 5) is 0. The lowest BCUT2D eigenvalue weighted by Crippen LogP contribution is -0.576. The van der Waals surface area contributed by atoms with Crippen molar-refractivity contribution in [3.05, 3.63) is 0 Å². The Morgan fingerprint density at radius 2 is 0.500 bits per heavy atom. The molecule has 20 valence electrons. The zero-order chi connectivity index (χ0) is 4.00. The first-order chi connectivity index (χ1) is 2.00. The SMILES string of the molecule is C#C.C#C. The van der Waals surface area contributed by atoms with Crippen LogP contribution in [-0.4, -0.2) is 0 Å². The molecule has 0 radical (unpaired) electrons. The summed E-state index contributed by atoms with van der Waals surface area (Å²) < 4.78 is 0. The van der Waals surface area contributed by atoms with Gasteiger partial charge in [-0.1, -0.05) is 0 Å². The molecule has 0 unspecified atom stereocenters. The first-order valence-electron chi connectivity index (χ1n) is 0.667. The summed E-state index contributed by atoms with van der Waals surface area (Å²) in [7, 11) is 0. The fraction of sp³-hybridized carbons (Fsp3) is 0. The van der Waals surface area contributed by atoms with E-state index < -0.39 is 0 Å². The van der Waals surface area contributed by atoms with Crippen LogP contribution in [0.4, 0.5) is 0 Å². The summed E-state index contributed by atoms with van der Waals surface area (Å²) in [6, 6.07) is 0. The quantitative estimate of drug-likeness (QED) is 0.352. The van der Waals surface area contributed by atoms with Crippen molar-refractivity contribution in [1.29, 1.82) is 0 Å². The Balaban J connectivity index is 0. The zero-order valence-corrected chi connectivity index (χ0v) is 2.31. The highest BCUT2D eigenvalue weighted by atomic mass is 12.6. The molecule has 0 fully saturated rings. The maximum atomic E-state index is 4.00. The van der Waals surface area contributed by atoms with Gasteiger partial charge >= 0.3 is 0 Å². The van der Waals surface area contributed by atoms with Gasteiger partial charge in [0.25, 0.3) is 0 Å². The van der Waals surface area contributed by atoms with Gasteiger partial charge in [-0.2, -0.15) is 0 Å². The lowest BCUT2D eigenvalue weighted by molar-refractivity contribution is 3.31. The molecule has 0 aromatic heterocycles. The molecule has 0 N–H and O–H groups in total. The Morgan fingerprint density at radius 1 is 0.500 bits per heavy atom. The summed E-state index contributed by atoms with van der Waals surface area (Å²) in [5.74, 6) is 0. The monoisotopic (exact) mass is 52.0 g/mol. The Hall–Kier alpha value is -0.880. The van der Waals surface area contributed by atoms with Crippen LogP contribution in [0.25, 0.3) is 0 Å². The van der Waals surface area contributed by atoms with Crippen LogP contribution in [0.1, 0.15) is 0 Å². The fourth-order valence-corrected chi connectivity index (χ4v) is 0. The average molecular weight is 52.1 g/mol. The van der Waals surface area contributed by atoms with Gasteiger partial charge in [-0.15, -0.1) is 25.7 Å². The van der Waals surface area contributed by atoms with Crippen molar-refractivity contribution in [3.8, 4) is 25.7 Å². The van der Waals surface area contributed by atoms with Crippen LogP contribution >= 0.6 is 0 Å². The van der Waals surface area contributed by atoms with E-state index in [2.05, 4.69) is 25.7 Å². The number of rotatable bonds is 0. The molecule has 0 heterocycles. The molecule has 0 heteroatoms. The molecule has 0 bridgehead atoms. The van der Waals surface area contributed by atoms with E-state index in [0.29, 0.717) is 0 Å². The highest BCUT2D eigenvalue weighted by molar-refractivity contribution is 4.47. The average Bonchev–Trinajstić information content (AvgIpc) is 1.50. The molecular formula is C4H4. The molecule has 0 saturated heterocycles. The van der Waals surface area contributed by atoms with E-state index >= 15 is 0 Å². The lowest BCUT2D eigenvalue weighted by Gasteiger charge is -0.701. The van der Waals surface area contributed by atoms with Gasteiger partial charge in [0, 0.05) is 0 Å². The third-order valence-electron chi connectivity index (χ3n) is 0. The highest BCUT2D eigenvalue weighted by Crippen LogP contribution is 0.581. The van der Waals surface area contributed by atoms with E-state index in [1.807, 2.05) is 0 Å². The summed E-state index contributed by atoms with van der Waals surface area (Å²) >= 11 is 0. The van der Waals surface area contributed by atoms with Gasteiger partial charge < -0.3 is 0 Å². The number of hydrogen-bond donors (Lipinski definition) is 0. The van der Waals surface area contributed by atoms with Crippen LogP contribution in [0.2, 0.25) is 0 Å². The third kappa shape index (κ3) is 0.0208. The molecule has 0 aliphatic carbocycles. The maximum Gasteiger partial charge on any atom is -0.124 e. The molecule has 0 rings (SSSR count). The van der Waals surface area contributed by atoms with Gasteiger partial charge in [0.05, 0.1) is 0 Å². The maximum absolute atomic E-state index is 4.00. The number of terminal acetylenes is 2. The van der Waals surface area contributed by atoms with Crippen LogP contribution in [0.15, 0.2) is 0 Å². The second-order valence-corrected chi connectivity index (χ2v) is 0. The first kappa shape index (κ1) is 11.2. The molecule has 0 amide bonds. The van der Waals surface area contributed by atoms with Crippen LogP contribution in [0.3, 0.4) is 0 Å². The smallest absolute Gasteiger partial charge is 0.124 e. The minimum absolute atomic E-state index is 4.00. The van der Waals surface area contributed by atoms with E-state index in [9.17, 15) is 0 Å². The second-order valence-electron chi connectivity index (χ2n) is 0. The molecule has 0 saturated carbocycles. The molecule has 0 aromatic rings. The minimum Gasteiger partial charge on any atom is -0.124 e. The third-order valence-corrected chi connectivity index (χ3v) is 0. The lowest BCUT2D eigenvalue weighted by atomic mass is 11.4. The molecule has 0 aliphatic rings. The predicted octanol–water partition coefficient (Wildman–Crippen LogP) is 0.499. The second kappa shape index (κ2) is 3.43. The number of hydrogen-bond acceptors (Lipinski definition) is 0. The van der Waals surface area contributed by atoms with Crippen molar-refractivity contribution in [3.63, 3.8) is 0 Å². The Morgan fingerprint density at radius 3 is 0.500 bits per heavy atom. The standard InChI is InChI=1S/2C2H2/c2*1-2/h2*1-2H. The van der Waals surface area contributed by atoms with Crippen molar-refractivity contribution in [2.45, 2.75) is 0 Å². The molecule has 0 spiro atoms. The van der Waals surface area contributed by atoms with Crippen molar-refractivity contribution in [1.82, 2.24) is 0 Å². The van der Waals surface area contributed by atoms with Crippen molar-refractivity contribution >= 4 is 0 Å². The highest BCUT2D eigenvalue weighted by Gasteiger charge is 0.456. The molecule has 0 aliphatic heterocycles. The first-order valence-corrected chi connectivity index (χ1v) is 0.667. The fourth-order valence-electron chi connectivity index (χ4n) is 0. The van der Waals surface area contributed by atoms with Gasteiger partial charge in [0.2, 0.25) is 0 Å². The van der Waals surface area contributed by atoms with Crippen LogP contribution in [0, 0.1) is 25.7 Å². The predicted molar refractivity (Wildman–Crippen MR) is 19.8 cm³/mol. The Labute approximate surface area is 26.8 Å². The van der Waals surface area contributed by atoms with Crippen LogP contribution < -0.4 is 0 Å². The topological polar surface area (TPSA) is 0 Å². The van der Waals surface area contributed by atoms with Crippen molar-refractivity contribution < 1.29 is 0 Å². The zero-order valence-electron chi connectivity index (χ0n) is 2.31.